The Morgan fingerprint density at radius 1 is 0.750 bits per heavy atom. The van der Waals surface area contributed by atoms with Gasteiger partial charge in [0.05, 0.1) is 39.3 Å². The lowest BCUT2D eigenvalue weighted by Gasteiger charge is -2.06. The molecule has 0 aromatic carbocycles. The first kappa shape index (κ1) is 18.3. The van der Waals surface area contributed by atoms with E-state index in [2.05, 4.69) is 13.2 Å². The van der Waals surface area contributed by atoms with Crippen LogP contribution in [0.4, 0.5) is 0 Å². The zero-order chi connectivity index (χ0) is 15.1. The summed E-state index contributed by atoms with van der Waals surface area (Å²) in [5.74, 6) is -0.904. The van der Waals surface area contributed by atoms with Crippen molar-refractivity contribution < 1.29 is 28.5 Å². The first-order chi connectivity index (χ1) is 9.70. The predicted octanol–water partition coefficient (Wildman–Crippen LogP) is 1.26. The van der Waals surface area contributed by atoms with Gasteiger partial charge in [0.1, 0.15) is 13.2 Å². The van der Waals surface area contributed by atoms with Crippen LogP contribution in [0.3, 0.4) is 0 Å². The molecule has 0 aliphatic heterocycles. The minimum absolute atomic E-state index is 0.00614. The summed E-state index contributed by atoms with van der Waals surface area (Å²) in [4.78, 5) is 22.5. The molecule has 0 saturated heterocycles. The van der Waals surface area contributed by atoms with E-state index >= 15 is 0 Å². The highest BCUT2D eigenvalue weighted by Crippen LogP contribution is 1.96. The molecule has 0 rings (SSSR count). The minimum Gasteiger partial charge on any atom is -0.463 e. The molecule has 0 aromatic rings. The monoisotopic (exact) mass is 286 g/mol. The van der Waals surface area contributed by atoms with Crippen molar-refractivity contribution in [3.05, 3.63) is 25.3 Å². The summed E-state index contributed by atoms with van der Waals surface area (Å²) >= 11 is 0. The van der Waals surface area contributed by atoms with Gasteiger partial charge in [-0.05, 0) is 0 Å². The molecule has 0 heterocycles. The maximum atomic E-state index is 11.3. The highest BCUT2D eigenvalue weighted by atomic mass is 16.6. The Labute approximate surface area is 119 Å². The van der Waals surface area contributed by atoms with Crippen molar-refractivity contribution in [2.24, 2.45) is 0 Å². The Balaban J connectivity index is 3.41. The Hall–Kier alpha value is -1.66. The zero-order valence-corrected chi connectivity index (χ0v) is 11.7. The number of carbonyl (C=O) groups is 2. The van der Waals surface area contributed by atoms with Crippen LogP contribution in [0, 0.1) is 0 Å². The van der Waals surface area contributed by atoms with Gasteiger partial charge in [0, 0.05) is 0 Å². The van der Waals surface area contributed by atoms with E-state index in [1.165, 1.54) is 0 Å². The second-order valence-electron chi connectivity index (χ2n) is 3.67. The van der Waals surface area contributed by atoms with Crippen molar-refractivity contribution in [2.45, 2.75) is 12.8 Å². The van der Waals surface area contributed by atoms with Crippen LogP contribution in [0.1, 0.15) is 12.8 Å². The third kappa shape index (κ3) is 12.8. The van der Waals surface area contributed by atoms with Crippen molar-refractivity contribution in [1.82, 2.24) is 0 Å². The van der Waals surface area contributed by atoms with Gasteiger partial charge in [-0.15, -0.1) is 13.2 Å². The molecule has 0 atom stereocenters. The highest BCUT2D eigenvalue weighted by Gasteiger charge is 2.08. The molecule has 0 spiro atoms. The van der Waals surface area contributed by atoms with Crippen LogP contribution < -0.4 is 0 Å². The summed E-state index contributed by atoms with van der Waals surface area (Å²) < 4.78 is 19.8. The molecular formula is C14H22O6. The van der Waals surface area contributed by atoms with Gasteiger partial charge in [0.15, 0.2) is 0 Å². The van der Waals surface area contributed by atoms with Crippen LogP contribution in [0.2, 0.25) is 0 Å². The van der Waals surface area contributed by atoms with Gasteiger partial charge in [-0.2, -0.15) is 0 Å². The van der Waals surface area contributed by atoms with E-state index in [0.29, 0.717) is 26.4 Å². The molecule has 0 aromatic heterocycles. The topological polar surface area (TPSA) is 71.1 Å². The first-order valence-electron chi connectivity index (χ1n) is 6.39. The van der Waals surface area contributed by atoms with Gasteiger partial charge in [0.2, 0.25) is 0 Å². The zero-order valence-electron chi connectivity index (χ0n) is 11.7. The second-order valence-corrected chi connectivity index (χ2v) is 3.67. The van der Waals surface area contributed by atoms with Crippen LogP contribution in [0.15, 0.2) is 25.3 Å². The molecular weight excluding hydrogens is 264 g/mol. The molecule has 0 saturated carbocycles. The second kappa shape index (κ2) is 13.8. The fraction of sp³-hybridized carbons (Fsp3) is 0.571. The molecule has 0 aliphatic rings. The lowest BCUT2D eigenvalue weighted by Crippen LogP contribution is -2.14. The molecule has 0 radical (unpaired) electrons. The summed E-state index contributed by atoms with van der Waals surface area (Å²) in [5, 5.41) is 0. The smallest absolute Gasteiger partial charge is 0.306 e. The van der Waals surface area contributed by atoms with Crippen LogP contribution in [0.25, 0.3) is 0 Å². The number of carbonyl (C=O) groups excluding carboxylic acids is 2. The Morgan fingerprint density at radius 2 is 1.15 bits per heavy atom. The van der Waals surface area contributed by atoms with Crippen molar-refractivity contribution in [1.29, 1.82) is 0 Å². The van der Waals surface area contributed by atoms with Crippen molar-refractivity contribution in [3.63, 3.8) is 0 Å². The molecule has 6 nitrogen and oxygen atoms in total. The van der Waals surface area contributed by atoms with E-state index < -0.39 is 11.9 Å². The van der Waals surface area contributed by atoms with Gasteiger partial charge < -0.3 is 18.9 Å². The van der Waals surface area contributed by atoms with E-state index in [1.807, 2.05) is 0 Å². The van der Waals surface area contributed by atoms with E-state index in [9.17, 15) is 9.59 Å². The number of hydrogen-bond acceptors (Lipinski definition) is 6. The summed E-state index contributed by atoms with van der Waals surface area (Å²) in [6.07, 6.45) is 3.20. The fourth-order valence-corrected chi connectivity index (χ4v) is 1.11. The quantitative estimate of drug-likeness (QED) is 0.288. The SMILES string of the molecule is C=CCOCCOC(=O)CCC(=O)OCCOCC=C. The summed E-state index contributed by atoms with van der Waals surface area (Å²) in [6, 6.07) is 0. The largest absolute Gasteiger partial charge is 0.463 e. The number of rotatable bonds is 13. The summed E-state index contributed by atoms with van der Waals surface area (Å²) in [6.45, 7) is 8.74. The summed E-state index contributed by atoms with van der Waals surface area (Å²) in [5.41, 5.74) is 0. The molecule has 20 heavy (non-hydrogen) atoms. The van der Waals surface area contributed by atoms with Crippen LogP contribution in [-0.4, -0.2) is 51.6 Å². The first-order valence-corrected chi connectivity index (χ1v) is 6.39. The standard InChI is InChI=1S/C14H22O6/c1-3-7-17-9-11-19-13(15)5-6-14(16)20-12-10-18-8-4-2/h3-4H,1-2,5-12H2. The Kier molecular flexibility index (Phi) is 12.6. The van der Waals surface area contributed by atoms with Gasteiger partial charge >= 0.3 is 11.9 Å². The van der Waals surface area contributed by atoms with E-state index in [4.69, 9.17) is 18.9 Å². The molecule has 0 amide bonds. The van der Waals surface area contributed by atoms with E-state index in [-0.39, 0.29) is 26.1 Å². The molecule has 0 fully saturated rings. The third-order valence-electron chi connectivity index (χ3n) is 1.99. The normalized spacial score (nSPS) is 9.80. The molecule has 0 bridgehead atoms. The minimum atomic E-state index is -0.452. The molecule has 0 aliphatic carbocycles. The van der Waals surface area contributed by atoms with Crippen molar-refractivity contribution in [3.8, 4) is 0 Å². The Bertz CT molecular complexity index is 270. The summed E-state index contributed by atoms with van der Waals surface area (Å²) in [7, 11) is 0. The van der Waals surface area contributed by atoms with Gasteiger partial charge in [-0.1, -0.05) is 12.2 Å². The number of esters is 2. The average Bonchev–Trinajstić information content (AvgIpc) is 2.44. The fourth-order valence-electron chi connectivity index (χ4n) is 1.11. The highest BCUT2D eigenvalue weighted by molar-refractivity contribution is 5.77. The number of ether oxygens (including phenoxy) is 4. The van der Waals surface area contributed by atoms with Gasteiger partial charge in [0.25, 0.3) is 0 Å². The molecule has 6 heteroatoms. The Morgan fingerprint density at radius 3 is 1.50 bits per heavy atom. The van der Waals surface area contributed by atoms with E-state index in [0.717, 1.165) is 0 Å². The van der Waals surface area contributed by atoms with E-state index in [1.54, 1.807) is 12.2 Å². The maximum Gasteiger partial charge on any atom is 0.306 e. The van der Waals surface area contributed by atoms with Crippen molar-refractivity contribution in [2.75, 3.05) is 39.6 Å². The lowest BCUT2D eigenvalue weighted by molar-refractivity contribution is -0.151. The predicted molar refractivity (Wildman–Crippen MR) is 73.2 cm³/mol. The average molecular weight is 286 g/mol. The van der Waals surface area contributed by atoms with Crippen LogP contribution in [0.5, 0.6) is 0 Å². The van der Waals surface area contributed by atoms with Crippen LogP contribution in [-0.2, 0) is 28.5 Å². The number of hydrogen-bond donors (Lipinski definition) is 0. The van der Waals surface area contributed by atoms with Crippen molar-refractivity contribution >= 4 is 11.9 Å². The molecule has 114 valence electrons. The van der Waals surface area contributed by atoms with Gasteiger partial charge in [-0.25, -0.2) is 0 Å². The van der Waals surface area contributed by atoms with Gasteiger partial charge in [-0.3, -0.25) is 9.59 Å². The van der Waals surface area contributed by atoms with Crippen LogP contribution >= 0.6 is 0 Å². The lowest BCUT2D eigenvalue weighted by atomic mass is 10.3. The third-order valence-corrected chi connectivity index (χ3v) is 1.99. The maximum absolute atomic E-state index is 11.3. The molecule has 0 N–H and O–H groups in total. The molecule has 0 unspecified atom stereocenters.